The molecular formula is C15H13N3S. The van der Waals surface area contributed by atoms with E-state index in [-0.39, 0.29) is 0 Å². The minimum absolute atomic E-state index is 0.761. The van der Waals surface area contributed by atoms with Crippen LogP contribution in [0.4, 0.5) is 5.69 Å². The predicted molar refractivity (Wildman–Crippen MR) is 83.4 cm³/mol. The normalized spacial score (nSPS) is 10.6. The minimum Gasteiger partial charge on any atom is -0.350 e. The molecule has 4 heteroatoms. The van der Waals surface area contributed by atoms with Crippen molar-refractivity contribution in [2.75, 3.05) is 5.32 Å². The van der Waals surface area contributed by atoms with Crippen molar-refractivity contribution in [2.45, 2.75) is 6.92 Å². The zero-order valence-electron chi connectivity index (χ0n) is 10.5. The molecule has 1 heterocycles. The quantitative estimate of drug-likeness (QED) is 0.690. The van der Waals surface area contributed by atoms with Crippen molar-refractivity contribution in [3.63, 3.8) is 0 Å². The third-order valence-electron chi connectivity index (χ3n) is 2.87. The van der Waals surface area contributed by atoms with Gasteiger partial charge in [0.05, 0.1) is 16.0 Å². The standard InChI is InChI=1S/C15H13N3S/c1-10(19)16-12-8-6-11(7-9-12)15-17-13-4-2-3-5-14(13)18-15/h2-9H,1H3,(H,16,19)(H,17,18). The van der Waals surface area contributed by atoms with Crippen LogP contribution in [0.3, 0.4) is 0 Å². The third kappa shape index (κ3) is 2.48. The summed E-state index contributed by atoms with van der Waals surface area (Å²) in [7, 11) is 0. The average Bonchev–Trinajstić information content (AvgIpc) is 2.82. The topological polar surface area (TPSA) is 40.7 Å². The molecule has 94 valence electrons. The molecule has 3 nitrogen and oxygen atoms in total. The first-order chi connectivity index (χ1) is 9.22. The van der Waals surface area contributed by atoms with Gasteiger partial charge < -0.3 is 10.3 Å². The highest BCUT2D eigenvalue weighted by molar-refractivity contribution is 7.80. The number of fused-ring (bicyclic) bond motifs is 1. The van der Waals surface area contributed by atoms with E-state index >= 15 is 0 Å². The van der Waals surface area contributed by atoms with E-state index in [2.05, 4.69) is 15.3 Å². The molecule has 0 fully saturated rings. The zero-order chi connectivity index (χ0) is 13.2. The van der Waals surface area contributed by atoms with Gasteiger partial charge in [0.1, 0.15) is 5.82 Å². The van der Waals surface area contributed by atoms with E-state index in [0.717, 1.165) is 33.1 Å². The first kappa shape index (κ1) is 11.9. The summed E-state index contributed by atoms with van der Waals surface area (Å²) in [5.41, 5.74) is 4.08. The Morgan fingerprint density at radius 2 is 1.84 bits per heavy atom. The largest absolute Gasteiger partial charge is 0.350 e. The van der Waals surface area contributed by atoms with Crippen LogP contribution in [0.5, 0.6) is 0 Å². The van der Waals surface area contributed by atoms with E-state index < -0.39 is 0 Å². The van der Waals surface area contributed by atoms with Gasteiger partial charge in [-0.3, -0.25) is 0 Å². The molecule has 0 aliphatic rings. The Kier molecular flexibility index (Phi) is 3.01. The average molecular weight is 267 g/mol. The molecule has 0 amide bonds. The zero-order valence-corrected chi connectivity index (χ0v) is 11.3. The summed E-state index contributed by atoms with van der Waals surface area (Å²) in [6, 6.07) is 16.1. The summed E-state index contributed by atoms with van der Waals surface area (Å²) >= 11 is 5.02. The van der Waals surface area contributed by atoms with Crippen molar-refractivity contribution < 1.29 is 0 Å². The summed E-state index contributed by atoms with van der Waals surface area (Å²) in [6.07, 6.45) is 0. The highest BCUT2D eigenvalue weighted by Crippen LogP contribution is 2.21. The second kappa shape index (κ2) is 4.82. The van der Waals surface area contributed by atoms with Crippen LogP contribution in [0.15, 0.2) is 48.5 Å². The molecule has 0 aliphatic carbocycles. The molecule has 3 aromatic rings. The number of hydrogen-bond acceptors (Lipinski definition) is 2. The minimum atomic E-state index is 0.761. The molecule has 0 unspecified atom stereocenters. The Morgan fingerprint density at radius 3 is 2.53 bits per heavy atom. The van der Waals surface area contributed by atoms with E-state index in [9.17, 15) is 0 Å². The lowest BCUT2D eigenvalue weighted by Gasteiger charge is -2.04. The summed E-state index contributed by atoms with van der Waals surface area (Å²) in [6.45, 7) is 1.86. The second-order valence-corrected chi connectivity index (χ2v) is 4.97. The monoisotopic (exact) mass is 267 g/mol. The van der Waals surface area contributed by atoms with Gasteiger partial charge in [-0.15, -0.1) is 0 Å². The second-order valence-electron chi connectivity index (χ2n) is 4.36. The first-order valence-electron chi connectivity index (χ1n) is 6.05. The van der Waals surface area contributed by atoms with Crippen LogP contribution in [0.1, 0.15) is 6.92 Å². The molecule has 2 N–H and O–H groups in total. The first-order valence-corrected chi connectivity index (χ1v) is 6.46. The van der Waals surface area contributed by atoms with Crippen molar-refractivity contribution in [3.05, 3.63) is 48.5 Å². The summed E-state index contributed by atoms with van der Waals surface area (Å²) < 4.78 is 0. The van der Waals surface area contributed by atoms with E-state index in [4.69, 9.17) is 12.2 Å². The molecule has 19 heavy (non-hydrogen) atoms. The summed E-state index contributed by atoms with van der Waals surface area (Å²) in [5, 5.41) is 3.11. The molecule has 0 saturated carbocycles. The lowest BCUT2D eigenvalue weighted by Crippen LogP contribution is -2.02. The van der Waals surface area contributed by atoms with Gasteiger partial charge in [0, 0.05) is 11.3 Å². The number of aromatic nitrogens is 2. The molecule has 1 aromatic heterocycles. The van der Waals surface area contributed by atoms with Gasteiger partial charge >= 0.3 is 0 Å². The maximum absolute atomic E-state index is 5.02. The van der Waals surface area contributed by atoms with Gasteiger partial charge in [-0.05, 0) is 43.3 Å². The molecule has 3 rings (SSSR count). The number of para-hydroxylation sites is 2. The number of nitrogens with one attached hydrogen (secondary N) is 2. The van der Waals surface area contributed by atoms with Crippen LogP contribution in [-0.2, 0) is 0 Å². The fourth-order valence-electron chi connectivity index (χ4n) is 2.00. The maximum Gasteiger partial charge on any atom is 0.138 e. The van der Waals surface area contributed by atoms with Crippen molar-refractivity contribution in [1.82, 2.24) is 9.97 Å². The number of benzene rings is 2. The number of H-pyrrole nitrogens is 1. The number of rotatable bonds is 2. The van der Waals surface area contributed by atoms with Gasteiger partial charge in [0.15, 0.2) is 0 Å². The van der Waals surface area contributed by atoms with Gasteiger partial charge in [0.2, 0.25) is 0 Å². The van der Waals surface area contributed by atoms with Crippen LogP contribution in [-0.4, -0.2) is 15.0 Å². The van der Waals surface area contributed by atoms with Crippen molar-refractivity contribution >= 4 is 33.9 Å². The molecular weight excluding hydrogens is 254 g/mol. The Labute approximate surface area is 116 Å². The number of imidazole rings is 1. The van der Waals surface area contributed by atoms with Crippen LogP contribution < -0.4 is 5.32 Å². The molecule has 0 atom stereocenters. The fraction of sp³-hybridized carbons (Fsp3) is 0.0667. The lowest BCUT2D eigenvalue weighted by atomic mass is 10.2. The van der Waals surface area contributed by atoms with Crippen molar-refractivity contribution in [2.24, 2.45) is 0 Å². The lowest BCUT2D eigenvalue weighted by molar-refractivity contribution is 1.34. The fourth-order valence-corrected chi connectivity index (χ4v) is 2.12. The number of aromatic amines is 1. The van der Waals surface area contributed by atoms with Crippen LogP contribution in [0.25, 0.3) is 22.4 Å². The molecule has 0 bridgehead atoms. The highest BCUT2D eigenvalue weighted by Gasteiger charge is 2.04. The number of nitrogens with zero attached hydrogens (tertiary/aromatic N) is 1. The van der Waals surface area contributed by atoms with Gasteiger partial charge in [-0.1, -0.05) is 24.4 Å². The number of thiocarbonyl (C=S) groups is 1. The molecule has 0 aliphatic heterocycles. The highest BCUT2D eigenvalue weighted by atomic mass is 32.1. The summed E-state index contributed by atoms with van der Waals surface area (Å²) in [5.74, 6) is 0.881. The SMILES string of the molecule is CC(=S)Nc1ccc(-c2nc3ccccc3[nH]2)cc1. The van der Waals surface area contributed by atoms with Crippen molar-refractivity contribution in [1.29, 1.82) is 0 Å². The Balaban J connectivity index is 1.95. The van der Waals surface area contributed by atoms with Gasteiger partial charge in [-0.2, -0.15) is 0 Å². The van der Waals surface area contributed by atoms with Crippen LogP contribution in [0, 0.1) is 0 Å². The van der Waals surface area contributed by atoms with Gasteiger partial charge in [-0.25, -0.2) is 4.98 Å². The molecule has 0 saturated heterocycles. The van der Waals surface area contributed by atoms with Crippen molar-refractivity contribution in [3.8, 4) is 11.4 Å². The van der Waals surface area contributed by atoms with Gasteiger partial charge in [0.25, 0.3) is 0 Å². The Morgan fingerprint density at radius 1 is 1.11 bits per heavy atom. The third-order valence-corrected chi connectivity index (χ3v) is 2.97. The smallest absolute Gasteiger partial charge is 0.138 e. The van der Waals surface area contributed by atoms with E-state index in [1.54, 1.807) is 0 Å². The number of anilines is 1. The van der Waals surface area contributed by atoms with Crippen LogP contribution in [0.2, 0.25) is 0 Å². The Hall–Kier alpha value is -2.20. The Bertz CT molecular complexity index is 695. The molecule has 0 spiro atoms. The predicted octanol–water partition coefficient (Wildman–Crippen LogP) is 3.99. The molecule has 2 aromatic carbocycles. The van der Waals surface area contributed by atoms with Crippen LogP contribution >= 0.6 is 12.2 Å². The number of hydrogen-bond donors (Lipinski definition) is 2. The molecule has 0 radical (unpaired) electrons. The summed E-state index contributed by atoms with van der Waals surface area (Å²) in [4.78, 5) is 8.65. The van der Waals surface area contributed by atoms with E-state index in [1.165, 1.54) is 0 Å². The van der Waals surface area contributed by atoms with E-state index in [1.807, 2.05) is 55.5 Å². The maximum atomic E-state index is 5.02. The van der Waals surface area contributed by atoms with E-state index in [0.29, 0.717) is 0 Å².